The second-order valence-corrected chi connectivity index (χ2v) is 15.7. The van der Waals surface area contributed by atoms with Crippen molar-refractivity contribution in [3.8, 4) is 39.1 Å². The predicted molar refractivity (Wildman–Crippen MR) is 245 cm³/mol. The first-order chi connectivity index (χ1) is 28.2. The summed E-state index contributed by atoms with van der Waals surface area (Å²) in [5.41, 5.74) is 14.1. The van der Waals surface area contributed by atoms with Gasteiger partial charge in [0, 0.05) is 53.7 Å². The van der Waals surface area contributed by atoms with E-state index in [4.69, 9.17) is 0 Å². The van der Waals surface area contributed by atoms with Gasteiger partial charge in [-0.15, -0.1) is 11.3 Å². The number of hydrogen-bond acceptors (Lipinski definition) is 2. The predicted octanol–water partition coefficient (Wildman–Crippen LogP) is 15.6. The van der Waals surface area contributed by atoms with E-state index < -0.39 is 0 Å². The van der Waals surface area contributed by atoms with Crippen molar-refractivity contribution >= 4 is 70.4 Å². The fourth-order valence-electron chi connectivity index (χ4n) is 8.40. The number of aromatic nitrogens is 1. The first kappa shape index (κ1) is 33.2. The number of anilines is 3. The van der Waals surface area contributed by atoms with E-state index in [1.165, 1.54) is 81.0 Å². The Labute approximate surface area is 335 Å². The van der Waals surface area contributed by atoms with Gasteiger partial charge in [-0.05, 0) is 118 Å². The summed E-state index contributed by atoms with van der Waals surface area (Å²) in [6.07, 6.45) is 0. The van der Waals surface area contributed by atoms with Crippen LogP contribution in [-0.4, -0.2) is 4.57 Å². The Hall–Kier alpha value is -7.20. The highest BCUT2D eigenvalue weighted by Crippen LogP contribution is 2.41. The van der Waals surface area contributed by atoms with E-state index in [0.717, 1.165) is 17.1 Å². The molecule has 0 fully saturated rings. The summed E-state index contributed by atoms with van der Waals surface area (Å²) >= 11 is 1.86. The summed E-state index contributed by atoms with van der Waals surface area (Å²) in [4.78, 5) is 2.36. The fourth-order valence-corrected chi connectivity index (χ4v) is 9.49. The van der Waals surface area contributed by atoms with Gasteiger partial charge in [0.25, 0.3) is 0 Å². The van der Waals surface area contributed by atoms with E-state index in [2.05, 4.69) is 228 Å². The third-order valence-electron chi connectivity index (χ3n) is 11.2. The third-order valence-corrected chi connectivity index (χ3v) is 12.4. The molecule has 57 heavy (non-hydrogen) atoms. The summed E-state index contributed by atoms with van der Waals surface area (Å²) < 4.78 is 5.02. The van der Waals surface area contributed by atoms with Crippen LogP contribution in [0.1, 0.15) is 0 Å². The number of hydrogen-bond donors (Lipinski definition) is 0. The van der Waals surface area contributed by atoms with Crippen LogP contribution in [0.3, 0.4) is 0 Å². The molecule has 2 heterocycles. The molecule has 0 aliphatic carbocycles. The van der Waals surface area contributed by atoms with Gasteiger partial charge < -0.3 is 9.47 Å². The van der Waals surface area contributed by atoms with E-state index >= 15 is 0 Å². The molecule has 0 saturated carbocycles. The molecule has 0 amide bonds. The zero-order chi connectivity index (χ0) is 37.7. The summed E-state index contributed by atoms with van der Waals surface area (Å²) in [7, 11) is 0. The third kappa shape index (κ3) is 5.88. The zero-order valence-electron chi connectivity index (χ0n) is 31.1. The topological polar surface area (TPSA) is 8.17 Å². The molecule has 9 aromatic carbocycles. The van der Waals surface area contributed by atoms with E-state index in [0.29, 0.717) is 0 Å². The number of rotatable bonds is 7. The standard InChI is InChI=1S/C54H36N2S/c1-3-11-37(12-4-1)38-19-27-44(28-20-38)55(46-31-23-40(24-32-46)42-26-34-54-50(36-42)48-16-8-10-18-53(48)57-54)45-29-21-39(22-30-45)41-25-33-52-49(35-41)47-15-7-9-17-51(47)56(52)43-13-5-2-6-14-43/h1-36H. The van der Waals surface area contributed by atoms with Crippen molar-refractivity contribution in [2.45, 2.75) is 0 Å². The highest BCUT2D eigenvalue weighted by molar-refractivity contribution is 7.25. The molecule has 0 bridgehead atoms. The van der Waals surface area contributed by atoms with Crippen molar-refractivity contribution in [1.29, 1.82) is 0 Å². The van der Waals surface area contributed by atoms with Crippen molar-refractivity contribution in [2.75, 3.05) is 4.90 Å². The van der Waals surface area contributed by atoms with Crippen molar-refractivity contribution in [3.63, 3.8) is 0 Å². The molecule has 0 atom stereocenters. The molecule has 0 spiro atoms. The molecule has 2 aromatic heterocycles. The smallest absolute Gasteiger partial charge is 0.0541 e. The minimum Gasteiger partial charge on any atom is -0.311 e. The summed E-state index contributed by atoms with van der Waals surface area (Å²) in [6.45, 7) is 0. The lowest BCUT2D eigenvalue weighted by molar-refractivity contribution is 1.18. The Kier molecular flexibility index (Phi) is 8.04. The Morgan fingerprint density at radius 1 is 0.298 bits per heavy atom. The number of para-hydroxylation sites is 2. The number of nitrogens with zero attached hydrogens (tertiary/aromatic N) is 2. The summed E-state index contributed by atoms with van der Waals surface area (Å²) in [5, 5.41) is 5.15. The average Bonchev–Trinajstić information content (AvgIpc) is 3.83. The minimum absolute atomic E-state index is 1.10. The number of benzene rings is 9. The monoisotopic (exact) mass is 744 g/mol. The van der Waals surface area contributed by atoms with Gasteiger partial charge in [-0.3, -0.25) is 0 Å². The first-order valence-electron chi connectivity index (χ1n) is 19.4. The Balaban J connectivity index is 0.970. The van der Waals surface area contributed by atoms with Gasteiger partial charge in [-0.2, -0.15) is 0 Å². The van der Waals surface area contributed by atoms with E-state index in [1.807, 2.05) is 11.3 Å². The Morgan fingerprint density at radius 2 is 0.737 bits per heavy atom. The number of fused-ring (bicyclic) bond motifs is 6. The molecule has 3 heteroatoms. The van der Waals surface area contributed by atoms with Crippen molar-refractivity contribution in [3.05, 3.63) is 218 Å². The van der Waals surface area contributed by atoms with Crippen LogP contribution < -0.4 is 4.90 Å². The lowest BCUT2D eigenvalue weighted by atomic mass is 10.0. The second-order valence-electron chi connectivity index (χ2n) is 14.6. The van der Waals surface area contributed by atoms with E-state index in [-0.39, 0.29) is 0 Å². The molecule has 0 aliphatic heterocycles. The Bertz CT molecular complexity index is 3200. The molecular formula is C54H36N2S. The van der Waals surface area contributed by atoms with Gasteiger partial charge in [0.15, 0.2) is 0 Å². The molecule has 11 rings (SSSR count). The molecule has 0 saturated heterocycles. The summed E-state index contributed by atoms with van der Waals surface area (Å²) in [5.74, 6) is 0. The van der Waals surface area contributed by atoms with E-state index in [1.54, 1.807) is 0 Å². The number of thiophene rings is 1. The van der Waals surface area contributed by atoms with Crippen LogP contribution in [0, 0.1) is 0 Å². The van der Waals surface area contributed by atoms with Gasteiger partial charge in [0.2, 0.25) is 0 Å². The van der Waals surface area contributed by atoms with Crippen LogP contribution in [0.25, 0.3) is 81.0 Å². The Morgan fingerprint density at radius 3 is 1.39 bits per heavy atom. The molecule has 0 unspecified atom stereocenters. The van der Waals surface area contributed by atoms with Crippen LogP contribution >= 0.6 is 11.3 Å². The summed E-state index contributed by atoms with van der Waals surface area (Å²) in [6, 6.07) is 79.3. The zero-order valence-corrected chi connectivity index (χ0v) is 31.9. The normalized spacial score (nSPS) is 11.5. The van der Waals surface area contributed by atoms with Gasteiger partial charge in [0.1, 0.15) is 0 Å². The lowest BCUT2D eigenvalue weighted by Crippen LogP contribution is -2.09. The molecule has 0 radical (unpaired) electrons. The van der Waals surface area contributed by atoms with Crippen molar-refractivity contribution in [2.24, 2.45) is 0 Å². The minimum atomic E-state index is 1.10. The molecule has 0 N–H and O–H groups in total. The molecule has 0 aliphatic rings. The van der Waals surface area contributed by atoms with Crippen LogP contribution in [0.5, 0.6) is 0 Å². The maximum Gasteiger partial charge on any atom is 0.0541 e. The van der Waals surface area contributed by atoms with Gasteiger partial charge in [-0.1, -0.05) is 133 Å². The molecule has 268 valence electrons. The lowest BCUT2D eigenvalue weighted by Gasteiger charge is -2.26. The largest absolute Gasteiger partial charge is 0.311 e. The van der Waals surface area contributed by atoms with Gasteiger partial charge in [-0.25, -0.2) is 0 Å². The maximum atomic E-state index is 2.37. The highest BCUT2D eigenvalue weighted by Gasteiger charge is 2.16. The van der Waals surface area contributed by atoms with Gasteiger partial charge in [0.05, 0.1) is 11.0 Å². The molecule has 11 aromatic rings. The van der Waals surface area contributed by atoms with Crippen molar-refractivity contribution in [1.82, 2.24) is 4.57 Å². The maximum absolute atomic E-state index is 2.37. The second kappa shape index (κ2) is 13.8. The molecular weight excluding hydrogens is 709 g/mol. The van der Waals surface area contributed by atoms with Crippen LogP contribution in [0.2, 0.25) is 0 Å². The fraction of sp³-hybridized carbons (Fsp3) is 0. The van der Waals surface area contributed by atoms with Crippen LogP contribution in [0.15, 0.2) is 218 Å². The van der Waals surface area contributed by atoms with Crippen LogP contribution in [0.4, 0.5) is 17.1 Å². The first-order valence-corrected chi connectivity index (χ1v) is 20.2. The van der Waals surface area contributed by atoms with E-state index in [9.17, 15) is 0 Å². The van der Waals surface area contributed by atoms with Crippen molar-refractivity contribution < 1.29 is 0 Å². The average molecular weight is 745 g/mol. The molecule has 2 nitrogen and oxygen atoms in total. The SMILES string of the molecule is c1ccc(-c2ccc(N(c3ccc(-c4ccc5sc6ccccc6c5c4)cc3)c3ccc(-c4ccc5c(c4)c4ccccc4n5-c4ccccc4)cc3)cc2)cc1. The highest BCUT2D eigenvalue weighted by atomic mass is 32.1. The van der Waals surface area contributed by atoms with Gasteiger partial charge >= 0.3 is 0 Å². The van der Waals surface area contributed by atoms with Crippen LogP contribution in [-0.2, 0) is 0 Å². The quantitative estimate of drug-likeness (QED) is 0.158.